The predicted octanol–water partition coefficient (Wildman–Crippen LogP) is 8.34. The number of rotatable bonds is 10. The summed E-state index contributed by atoms with van der Waals surface area (Å²) in [6.07, 6.45) is 9.53. The Morgan fingerprint density at radius 3 is 1.84 bits per heavy atom. The van der Waals surface area contributed by atoms with Crippen molar-refractivity contribution < 1.29 is 23.5 Å². The second kappa shape index (κ2) is 12.0. The molecular weight excluding hydrogens is 591 g/mol. The van der Waals surface area contributed by atoms with Crippen LogP contribution in [0.25, 0.3) is 27.8 Å². The minimum Gasteiger partial charge on any atom is -0.488 e. The quantitative estimate of drug-likeness (QED) is 0.160. The molecular formula is C32H25IO5. The molecule has 5 aromatic rings. The lowest BCUT2D eigenvalue weighted by molar-refractivity contribution is -0.136. The van der Waals surface area contributed by atoms with Crippen LogP contribution in [-0.4, -0.2) is 17.7 Å². The molecule has 5 nitrogen and oxygen atoms in total. The van der Waals surface area contributed by atoms with E-state index in [4.69, 9.17) is 18.7 Å². The molecule has 0 bridgehead atoms. The molecule has 0 saturated carbocycles. The third-order valence-electron chi connectivity index (χ3n) is 6.25. The van der Waals surface area contributed by atoms with Gasteiger partial charge in [0.2, 0.25) is 0 Å². The number of carboxylic acid groups (broad SMARTS) is 1. The molecule has 0 aliphatic heterocycles. The molecule has 1 N–H and O–H groups in total. The Morgan fingerprint density at radius 1 is 0.789 bits per heavy atom. The SMILES string of the molecule is O=C(O)CCc1ccc(OCC=C(c2ccc(-c3ccoc3)cc2)c2ccc(-c3ccoc3)cc2)c(I)c1. The molecule has 190 valence electrons. The van der Waals surface area contributed by atoms with Crippen LogP contribution in [0, 0.1) is 3.57 Å². The number of furan rings is 2. The van der Waals surface area contributed by atoms with Crippen LogP contribution in [0.3, 0.4) is 0 Å². The van der Waals surface area contributed by atoms with Gasteiger partial charge in [-0.1, -0.05) is 54.6 Å². The zero-order valence-electron chi connectivity index (χ0n) is 20.5. The highest BCUT2D eigenvalue weighted by atomic mass is 127. The van der Waals surface area contributed by atoms with Crippen molar-refractivity contribution >= 4 is 34.1 Å². The Labute approximate surface area is 234 Å². The van der Waals surface area contributed by atoms with E-state index in [1.807, 2.05) is 30.3 Å². The molecule has 0 radical (unpaired) electrons. The van der Waals surface area contributed by atoms with E-state index in [1.165, 1.54) is 0 Å². The van der Waals surface area contributed by atoms with Crippen LogP contribution in [0.4, 0.5) is 0 Å². The Hall–Kier alpha value is -4.04. The fourth-order valence-corrected chi connectivity index (χ4v) is 4.96. The number of carboxylic acids is 1. The lowest BCUT2D eigenvalue weighted by Crippen LogP contribution is -2.00. The minimum atomic E-state index is -0.798. The van der Waals surface area contributed by atoms with Gasteiger partial charge in [-0.2, -0.15) is 0 Å². The number of ether oxygens (including phenoxy) is 1. The summed E-state index contributed by atoms with van der Waals surface area (Å²) in [4.78, 5) is 10.9. The highest BCUT2D eigenvalue weighted by molar-refractivity contribution is 14.1. The molecule has 3 aromatic carbocycles. The van der Waals surface area contributed by atoms with Gasteiger partial charge in [-0.25, -0.2) is 0 Å². The summed E-state index contributed by atoms with van der Waals surface area (Å²) in [5, 5.41) is 8.94. The number of hydrogen-bond acceptors (Lipinski definition) is 4. The molecule has 0 atom stereocenters. The summed E-state index contributed by atoms with van der Waals surface area (Å²) in [6.45, 7) is 0.382. The highest BCUT2D eigenvalue weighted by Gasteiger charge is 2.09. The van der Waals surface area contributed by atoms with Gasteiger partial charge in [0.15, 0.2) is 0 Å². The Kier molecular flexibility index (Phi) is 8.09. The molecule has 2 heterocycles. The second-order valence-electron chi connectivity index (χ2n) is 8.77. The summed E-state index contributed by atoms with van der Waals surface area (Å²) in [6, 6.07) is 26.5. The van der Waals surface area contributed by atoms with Crippen LogP contribution in [0.2, 0.25) is 0 Å². The monoisotopic (exact) mass is 616 g/mol. The van der Waals surface area contributed by atoms with Crippen molar-refractivity contribution in [3.8, 4) is 28.0 Å². The third-order valence-corrected chi connectivity index (χ3v) is 7.09. The van der Waals surface area contributed by atoms with E-state index < -0.39 is 5.97 Å². The summed E-state index contributed by atoms with van der Waals surface area (Å²) in [5.41, 5.74) is 8.46. The number of aryl methyl sites for hydroxylation is 1. The molecule has 5 rings (SSSR count). The fourth-order valence-electron chi connectivity index (χ4n) is 4.23. The number of benzene rings is 3. The van der Waals surface area contributed by atoms with E-state index in [0.717, 1.165) is 53.8 Å². The van der Waals surface area contributed by atoms with Crippen molar-refractivity contribution in [1.82, 2.24) is 0 Å². The average Bonchev–Trinajstić information content (AvgIpc) is 3.67. The van der Waals surface area contributed by atoms with Crippen molar-refractivity contribution in [3.63, 3.8) is 0 Å². The third kappa shape index (κ3) is 6.26. The van der Waals surface area contributed by atoms with E-state index in [0.29, 0.717) is 13.0 Å². The van der Waals surface area contributed by atoms with Crippen LogP contribution < -0.4 is 4.74 Å². The molecule has 0 amide bonds. The molecule has 0 aliphatic rings. The standard InChI is InChI=1S/C32H25IO5/c33-30-19-22(2-12-32(34)35)1-11-31(30)38-18-15-29(25-7-3-23(4-8-25)27-13-16-36-20-27)26-9-5-24(6-10-26)28-14-17-37-21-28/h1,3-11,13-17,19-21H,2,12,18H2,(H,34,35). The number of carbonyl (C=O) groups is 1. The van der Waals surface area contributed by atoms with Crippen LogP contribution >= 0.6 is 22.6 Å². The largest absolute Gasteiger partial charge is 0.488 e. The zero-order chi connectivity index (χ0) is 26.3. The van der Waals surface area contributed by atoms with Crippen molar-refractivity contribution in [2.24, 2.45) is 0 Å². The zero-order valence-corrected chi connectivity index (χ0v) is 22.6. The lowest BCUT2D eigenvalue weighted by atomic mass is 9.94. The van der Waals surface area contributed by atoms with Gasteiger partial charge in [0.05, 0.1) is 28.6 Å². The Balaban J connectivity index is 1.39. The van der Waals surface area contributed by atoms with Gasteiger partial charge in [0.1, 0.15) is 12.4 Å². The van der Waals surface area contributed by atoms with Crippen LogP contribution in [0.15, 0.2) is 119 Å². The molecule has 0 unspecified atom stereocenters. The highest BCUT2D eigenvalue weighted by Crippen LogP contribution is 2.30. The van der Waals surface area contributed by atoms with Gasteiger partial charge in [0.25, 0.3) is 0 Å². The van der Waals surface area contributed by atoms with Crippen molar-refractivity contribution in [2.75, 3.05) is 6.61 Å². The van der Waals surface area contributed by atoms with E-state index in [9.17, 15) is 4.79 Å². The van der Waals surface area contributed by atoms with Crippen molar-refractivity contribution in [1.29, 1.82) is 0 Å². The first-order chi connectivity index (χ1) is 18.6. The molecule has 6 heteroatoms. The minimum absolute atomic E-state index is 0.112. The summed E-state index contributed by atoms with van der Waals surface area (Å²) < 4.78 is 17.5. The molecule has 0 aliphatic carbocycles. The van der Waals surface area contributed by atoms with Crippen LogP contribution in [-0.2, 0) is 11.2 Å². The smallest absolute Gasteiger partial charge is 0.303 e. The first-order valence-electron chi connectivity index (χ1n) is 12.2. The lowest BCUT2D eigenvalue weighted by Gasteiger charge is -2.12. The molecule has 0 saturated heterocycles. The van der Waals surface area contributed by atoms with E-state index in [-0.39, 0.29) is 6.42 Å². The molecule has 38 heavy (non-hydrogen) atoms. The Morgan fingerprint density at radius 2 is 1.37 bits per heavy atom. The number of halogens is 1. The summed E-state index contributed by atoms with van der Waals surface area (Å²) >= 11 is 2.23. The average molecular weight is 616 g/mol. The van der Waals surface area contributed by atoms with Crippen molar-refractivity contribution in [3.05, 3.63) is 130 Å². The summed E-state index contributed by atoms with van der Waals surface area (Å²) in [7, 11) is 0. The first kappa shape index (κ1) is 25.6. The van der Waals surface area contributed by atoms with E-state index in [1.54, 1.807) is 25.1 Å². The maximum absolute atomic E-state index is 10.9. The van der Waals surface area contributed by atoms with Gasteiger partial charge in [0, 0.05) is 17.5 Å². The maximum atomic E-state index is 10.9. The van der Waals surface area contributed by atoms with Crippen LogP contribution in [0.5, 0.6) is 5.75 Å². The number of hydrogen-bond donors (Lipinski definition) is 1. The Bertz CT molecular complexity index is 1430. The molecule has 0 spiro atoms. The normalized spacial score (nSPS) is 10.8. The summed E-state index contributed by atoms with van der Waals surface area (Å²) in [5.74, 6) is -0.0283. The number of aliphatic carboxylic acids is 1. The van der Waals surface area contributed by atoms with E-state index >= 15 is 0 Å². The first-order valence-corrected chi connectivity index (χ1v) is 13.2. The van der Waals surface area contributed by atoms with Gasteiger partial charge < -0.3 is 18.7 Å². The van der Waals surface area contributed by atoms with Gasteiger partial charge >= 0.3 is 5.97 Å². The molecule has 0 fully saturated rings. The molecule has 2 aromatic heterocycles. The topological polar surface area (TPSA) is 72.8 Å². The predicted molar refractivity (Wildman–Crippen MR) is 156 cm³/mol. The van der Waals surface area contributed by atoms with Crippen LogP contribution in [0.1, 0.15) is 23.1 Å². The van der Waals surface area contributed by atoms with Gasteiger partial charge in [-0.15, -0.1) is 0 Å². The maximum Gasteiger partial charge on any atom is 0.303 e. The second-order valence-corrected chi connectivity index (χ2v) is 9.93. The van der Waals surface area contributed by atoms with Gasteiger partial charge in [-0.05, 0) is 92.7 Å². The fraction of sp³-hybridized carbons (Fsp3) is 0.0938. The van der Waals surface area contributed by atoms with E-state index in [2.05, 4.69) is 77.2 Å². The van der Waals surface area contributed by atoms with Gasteiger partial charge in [-0.3, -0.25) is 4.79 Å². The van der Waals surface area contributed by atoms with Crippen molar-refractivity contribution in [2.45, 2.75) is 12.8 Å².